The topological polar surface area (TPSA) is 0 Å². The van der Waals surface area contributed by atoms with Gasteiger partial charge in [0.25, 0.3) is 0 Å². The Morgan fingerprint density at radius 3 is 1.14 bits per heavy atom. The van der Waals surface area contributed by atoms with Crippen LogP contribution in [0.3, 0.4) is 0 Å². The molecule has 0 radical (unpaired) electrons. The molecule has 0 rings (SSSR count). The summed E-state index contributed by atoms with van der Waals surface area (Å²) in [6, 6.07) is 0. The van der Waals surface area contributed by atoms with E-state index in [4.69, 9.17) is 0 Å². The molecule has 0 aromatic heterocycles. The van der Waals surface area contributed by atoms with E-state index in [1.165, 1.54) is 0 Å². The molecule has 0 saturated heterocycles. The molecule has 1 heteroatoms. The Balaban J connectivity index is 2.95. The number of hydrogen-bond donors (Lipinski definition) is 0. The summed E-state index contributed by atoms with van der Waals surface area (Å²) < 4.78 is 2.19. The van der Waals surface area contributed by atoms with Crippen molar-refractivity contribution in [2.75, 3.05) is 0 Å². The second-order valence-electron chi connectivity index (χ2n) is 3.02. The molecule has 0 saturated carbocycles. The molecule has 0 aliphatic heterocycles. The molecule has 0 N–H and O–H groups in total. The third-order valence-corrected chi connectivity index (χ3v) is 6.86. The van der Waals surface area contributed by atoms with E-state index in [2.05, 4.69) is 27.7 Å². The maximum atomic E-state index is 2.36. The molecular weight excluding hydrogens is 209 g/mol. The zero-order chi connectivity index (χ0) is 5.86. The van der Waals surface area contributed by atoms with Gasteiger partial charge in [-0.25, -0.2) is 0 Å². The SMILES string of the molecule is C[CH](C)[Ba][CH](C)C. The quantitative estimate of drug-likeness (QED) is 0.631. The Morgan fingerprint density at radius 1 is 0.857 bits per heavy atom. The van der Waals surface area contributed by atoms with E-state index in [9.17, 15) is 0 Å². The first kappa shape index (κ1) is 8.57. The van der Waals surface area contributed by atoms with Gasteiger partial charge < -0.3 is 0 Å². The van der Waals surface area contributed by atoms with Gasteiger partial charge in [0.05, 0.1) is 0 Å². The zero-order valence-corrected chi connectivity index (χ0v) is 10.3. The minimum atomic E-state index is -0.367. The van der Waals surface area contributed by atoms with Crippen LogP contribution in [0.2, 0.25) is 0.772 Å². The van der Waals surface area contributed by atoms with Crippen molar-refractivity contribution in [1.29, 1.82) is 0 Å². The van der Waals surface area contributed by atoms with E-state index < -0.39 is 0 Å². The van der Waals surface area contributed by atoms with Crippen LogP contribution in [0.25, 0.3) is 0 Å². The van der Waals surface area contributed by atoms with Crippen LogP contribution in [-0.2, 0) is 0 Å². The maximum absolute atomic E-state index is 2.36. The van der Waals surface area contributed by atoms with Gasteiger partial charge in [0.15, 0.2) is 0 Å². The van der Waals surface area contributed by atoms with E-state index in [0.29, 0.717) is 0 Å². The fraction of sp³-hybridized carbons (Fsp3) is 1.00. The van der Waals surface area contributed by atoms with Gasteiger partial charge in [0, 0.05) is 0 Å². The fourth-order valence-corrected chi connectivity index (χ4v) is 6.86. The molecule has 0 unspecified atom stereocenters. The van der Waals surface area contributed by atoms with Crippen LogP contribution in [0.15, 0.2) is 0 Å². The van der Waals surface area contributed by atoms with Crippen molar-refractivity contribution >= 4 is 44.2 Å². The van der Waals surface area contributed by atoms with Crippen molar-refractivity contribution in [3.05, 3.63) is 0 Å². The average molecular weight is 224 g/mol. The van der Waals surface area contributed by atoms with Crippen LogP contribution in [0.5, 0.6) is 0 Å². The fourth-order valence-electron chi connectivity index (χ4n) is 0.943. The van der Waals surface area contributed by atoms with Crippen molar-refractivity contribution in [1.82, 2.24) is 0 Å². The number of rotatable bonds is 2. The Hall–Kier alpha value is 1.57. The Kier molecular flexibility index (Phi) is 5.45. The van der Waals surface area contributed by atoms with Gasteiger partial charge in [0.2, 0.25) is 0 Å². The Bertz CT molecular complexity index is 33.4. The van der Waals surface area contributed by atoms with Crippen LogP contribution >= 0.6 is 0 Å². The molecule has 40 valence electrons. The van der Waals surface area contributed by atoms with Crippen molar-refractivity contribution in [2.45, 2.75) is 28.5 Å². The first-order chi connectivity index (χ1) is 3.13. The molecule has 0 atom stereocenters. The second-order valence-corrected chi connectivity index (χ2v) is 14.8. The van der Waals surface area contributed by atoms with Gasteiger partial charge in [0.1, 0.15) is 0 Å². The molecule has 0 nitrogen and oxygen atoms in total. The van der Waals surface area contributed by atoms with Crippen molar-refractivity contribution in [3.8, 4) is 0 Å². The predicted molar refractivity (Wildman–Crippen MR) is 35.9 cm³/mol. The van der Waals surface area contributed by atoms with Crippen LogP contribution in [0.1, 0.15) is 27.7 Å². The molecule has 0 aliphatic rings. The van der Waals surface area contributed by atoms with Crippen molar-refractivity contribution in [2.24, 2.45) is 0 Å². The minimum absolute atomic E-state index is 0.367. The molecule has 0 aromatic carbocycles. The van der Waals surface area contributed by atoms with Crippen molar-refractivity contribution < 1.29 is 0 Å². The van der Waals surface area contributed by atoms with Crippen LogP contribution in [0, 0.1) is 0 Å². The summed E-state index contributed by atoms with van der Waals surface area (Å²) >= 11 is -0.367. The van der Waals surface area contributed by atoms with Gasteiger partial charge in [-0.1, -0.05) is 0 Å². The predicted octanol–water partition coefficient (Wildman–Crippen LogP) is 2.35. The standard InChI is InChI=1S/2C3H7.Ba/c2*1-3-2;/h2*3H,1-2H3;. The third kappa shape index (κ3) is 7.57. The molecular formula is C6H14Ba. The van der Waals surface area contributed by atoms with Gasteiger partial charge in [-0.2, -0.15) is 0 Å². The first-order valence-corrected chi connectivity index (χ1v) is 8.25. The van der Waals surface area contributed by atoms with Crippen LogP contribution in [-0.4, -0.2) is 44.2 Å². The third-order valence-electron chi connectivity index (χ3n) is 0.943. The normalized spacial score (nSPS) is 10.0. The van der Waals surface area contributed by atoms with Gasteiger partial charge in [-0.15, -0.1) is 0 Å². The molecule has 7 heavy (non-hydrogen) atoms. The summed E-state index contributed by atoms with van der Waals surface area (Å²) in [6.07, 6.45) is 0. The molecule has 0 heterocycles. The van der Waals surface area contributed by atoms with Gasteiger partial charge in [-0.05, 0) is 0 Å². The summed E-state index contributed by atoms with van der Waals surface area (Å²) in [5.41, 5.74) is 0. The van der Waals surface area contributed by atoms with Crippen LogP contribution in [0.4, 0.5) is 0 Å². The molecule has 0 aromatic rings. The first-order valence-electron chi connectivity index (χ1n) is 3.13. The Morgan fingerprint density at radius 2 is 1.14 bits per heavy atom. The molecule has 0 spiro atoms. The van der Waals surface area contributed by atoms with Gasteiger partial charge >= 0.3 is 72.7 Å². The van der Waals surface area contributed by atoms with E-state index >= 15 is 0 Å². The zero-order valence-electron chi connectivity index (χ0n) is 5.86. The Labute approximate surface area is 71.4 Å². The molecule has 0 bridgehead atoms. The van der Waals surface area contributed by atoms with Crippen molar-refractivity contribution in [3.63, 3.8) is 0 Å². The summed E-state index contributed by atoms with van der Waals surface area (Å²) in [5.74, 6) is 0. The summed E-state index contributed by atoms with van der Waals surface area (Å²) in [6.45, 7) is 9.45. The number of hydrogen-bond acceptors (Lipinski definition) is 0. The molecule has 0 fully saturated rings. The molecule has 0 aliphatic carbocycles. The van der Waals surface area contributed by atoms with E-state index in [0.717, 1.165) is 0.772 Å². The average Bonchev–Trinajstić information content (AvgIpc) is 1.27. The molecule has 0 amide bonds. The van der Waals surface area contributed by atoms with Crippen LogP contribution < -0.4 is 0 Å². The monoisotopic (exact) mass is 224 g/mol. The summed E-state index contributed by atoms with van der Waals surface area (Å²) in [4.78, 5) is 0. The van der Waals surface area contributed by atoms with Gasteiger partial charge in [-0.3, -0.25) is 0 Å². The second kappa shape index (κ2) is 4.45. The van der Waals surface area contributed by atoms with E-state index in [1.54, 1.807) is 0 Å². The van der Waals surface area contributed by atoms with E-state index in [1.807, 2.05) is 0 Å². The summed E-state index contributed by atoms with van der Waals surface area (Å²) in [7, 11) is 0. The van der Waals surface area contributed by atoms with E-state index in [-0.39, 0.29) is 44.2 Å². The summed E-state index contributed by atoms with van der Waals surface area (Å²) in [5, 5.41) is 0.